The van der Waals surface area contributed by atoms with E-state index in [2.05, 4.69) is 15.3 Å². The highest BCUT2D eigenvalue weighted by atomic mass is 19.1. The Kier molecular flexibility index (Phi) is 5.90. The van der Waals surface area contributed by atoms with E-state index in [4.69, 9.17) is 11.5 Å². The van der Waals surface area contributed by atoms with Crippen LogP contribution in [0.25, 0.3) is 11.3 Å². The van der Waals surface area contributed by atoms with Crippen molar-refractivity contribution in [3.63, 3.8) is 0 Å². The zero-order valence-corrected chi connectivity index (χ0v) is 16.8. The second-order valence-corrected chi connectivity index (χ2v) is 7.77. The average molecular weight is 423 g/mol. The van der Waals surface area contributed by atoms with Crippen LogP contribution in [0.3, 0.4) is 0 Å². The van der Waals surface area contributed by atoms with Gasteiger partial charge in [-0.3, -0.25) is 9.78 Å². The molecule has 2 aromatic heterocycles. The van der Waals surface area contributed by atoms with Gasteiger partial charge < -0.3 is 16.8 Å². The minimum Gasteiger partial charge on any atom is -0.397 e. The van der Waals surface area contributed by atoms with Crippen molar-refractivity contribution >= 4 is 17.3 Å². The topological polar surface area (TPSA) is 107 Å². The number of hydrogen-bond donors (Lipinski definition) is 3. The first-order valence-electron chi connectivity index (χ1n) is 10.2. The molecule has 4 rings (SSSR count). The van der Waals surface area contributed by atoms with Crippen molar-refractivity contribution in [2.75, 3.05) is 11.1 Å². The number of rotatable bonds is 4. The van der Waals surface area contributed by atoms with Crippen LogP contribution in [0.4, 0.5) is 20.2 Å². The van der Waals surface area contributed by atoms with Crippen LogP contribution in [0.15, 0.2) is 48.8 Å². The van der Waals surface area contributed by atoms with E-state index in [-0.39, 0.29) is 34.6 Å². The smallest absolute Gasteiger partial charge is 0.276 e. The van der Waals surface area contributed by atoms with Gasteiger partial charge in [0.2, 0.25) is 0 Å². The lowest BCUT2D eigenvalue weighted by atomic mass is 9.81. The molecular formula is C23H23F2N5O. The molecule has 1 fully saturated rings. The third-order valence-corrected chi connectivity index (χ3v) is 5.62. The molecule has 1 saturated carbocycles. The van der Waals surface area contributed by atoms with Gasteiger partial charge in [0.05, 0.1) is 28.8 Å². The standard InChI is InChI=1S/C23H23F2N5O/c24-16-5-2-6-17(25)21(16)19-8-7-18(27)22(29-19)23(31)30-20-12-28-10-9-15(20)13-3-1-4-14(26)11-13/h2,5-10,12-14H,1,3-4,11,26-27H2,(H,30,31)/t13-,14+/m1/s1. The molecule has 0 aliphatic heterocycles. The maximum absolute atomic E-state index is 14.2. The van der Waals surface area contributed by atoms with Gasteiger partial charge in [0.25, 0.3) is 5.91 Å². The average Bonchev–Trinajstić information content (AvgIpc) is 2.75. The van der Waals surface area contributed by atoms with Gasteiger partial charge in [-0.2, -0.15) is 0 Å². The number of amides is 1. The summed E-state index contributed by atoms with van der Waals surface area (Å²) in [5.74, 6) is -1.91. The van der Waals surface area contributed by atoms with Gasteiger partial charge in [-0.15, -0.1) is 0 Å². The molecule has 1 amide bonds. The van der Waals surface area contributed by atoms with Gasteiger partial charge in [-0.25, -0.2) is 13.8 Å². The molecule has 0 radical (unpaired) electrons. The van der Waals surface area contributed by atoms with Crippen LogP contribution in [0, 0.1) is 11.6 Å². The van der Waals surface area contributed by atoms with Crippen LogP contribution < -0.4 is 16.8 Å². The fraction of sp³-hybridized carbons (Fsp3) is 0.261. The number of aromatic nitrogens is 2. The van der Waals surface area contributed by atoms with E-state index in [0.717, 1.165) is 43.4 Å². The largest absolute Gasteiger partial charge is 0.397 e. The highest BCUT2D eigenvalue weighted by Gasteiger charge is 2.24. The van der Waals surface area contributed by atoms with Gasteiger partial charge in [0.15, 0.2) is 5.69 Å². The maximum atomic E-state index is 14.2. The van der Waals surface area contributed by atoms with Gasteiger partial charge in [-0.05, 0) is 61.1 Å². The maximum Gasteiger partial charge on any atom is 0.276 e. The van der Waals surface area contributed by atoms with Gasteiger partial charge in [-0.1, -0.05) is 12.5 Å². The molecule has 8 heteroatoms. The lowest BCUT2D eigenvalue weighted by Crippen LogP contribution is -2.27. The number of pyridine rings is 2. The summed E-state index contributed by atoms with van der Waals surface area (Å²) in [4.78, 5) is 21.3. The number of hydrogen-bond acceptors (Lipinski definition) is 5. The van der Waals surface area contributed by atoms with Gasteiger partial charge in [0, 0.05) is 12.2 Å². The number of carbonyl (C=O) groups is 1. The molecule has 1 aromatic carbocycles. The summed E-state index contributed by atoms with van der Waals surface area (Å²) < 4.78 is 28.4. The summed E-state index contributed by atoms with van der Waals surface area (Å²) >= 11 is 0. The van der Waals surface area contributed by atoms with Crippen LogP contribution >= 0.6 is 0 Å². The molecule has 0 bridgehead atoms. The molecule has 6 nitrogen and oxygen atoms in total. The monoisotopic (exact) mass is 423 g/mol. The molecule has 2 atom stereocenters. The summed E-state index contributed by atoms with van der Waals surface area (Å²) in [6.07, 6.45) is 7.07. The zero-order chi connectivity index (χ0) is 22.0. The van der Waals surface area contributed by atoms with Crippen molar-refractivity contribution in [1.29, 1.82) is 0 Å². The molecule has 1 aliphatic rings. The molecule has 3 aromatic rings. The third-order valence-electron chi connectivity index (χ3n) is 5.62. The van der Waals surface area contributed by atoms with Gasteiger partial charge >= 0.3 is 0 Å². The summed E-state index contributed by atoms with van der Waals surface area (Å²) in [5, 5.41) is 2.82. The van der Waals surface area contributed by atoms with Crippen LogP contribution in [-0.2, 0) is 0 Å². The molecule has 31 heavy (non-hydrogen) atoms. The molecule has 2 heterocycles. The van der Waals surface area contributed by atoms with Crippen LogP contribution in [-0.4, -0.2) is 21.9 Å². The van der Waals surface area contributed by atoms with E-state index in [1.54, 1.807) is 12.4 Å². The first kappa shape index (κ1) is 20.9. The Bertz CT molecular complexity index is 1100. The van der Waals surface area contributed by atoms with Crippen LogP contribution in [0.5, 0.6) is 0 Å². The van der Waals surface area contributed by atoms with Crippen LogP contribution in [0.1, 0.15) is 47.7 Å². The van der Waals surface area contributed by atoms with Crippen molar-refractivity contribution in [2.24, 2.45) is 5.73 Å². The quantitative estimate of drug-likeness (QED) is 0.582. The lowest BCUT2D eigenvalue weighted by Gasteiger charge is -2.28. The molecular weight excluding hydrogens is 400 g/mol. The number of nitrogen functional groups attached to an aromatic ring is 1. The summed E-state index contributed by atoms with van der Waals surface area (Å²) in [6, 6.07) is 8.32. The van der Waals surface area contributed by atoms with Crippen molar-refractivity contribution in [3.05, 3.63) is 71.7 Å². The number of nitrogens with two attached hydrogens (primary N) is 2. The third kappa shape index (κ3) is 4.39. The number of halogens is 2. The van der Waals surface area contributed by atoms with E-state index in [0.29, 0.717) is 5.69 Å². The lowest BCUT2D eigenvalue weighted by molar-refractivity contribution is 0.102. The zero-order valence-electron chi connectivity index (χ0n) is 16.8. The van der Waals surface area contributed by atoms with Crippen LogP contribution in [0.2, 0.25) is 0 Å². The Morgan fingerprint density at radius 2 is 1.87 bits per heavy atom. The number of benzene rings is 1. The van der Waals surface area contributed by atoms with E-state index in [9.17, 15) is 13.6 Å². The Morgan fingerprint density at radius 1 is 1.10 bits per heavy atom. The molecule has 5 N–H and O–H groups in total. The normalized spacial score (nSPS) is 18.5. The molecule has 1 aliphatic carbocycles. The van der Waals surface area contributed by atoms with Crippen molar-refractivity contribution in [2.45, 2.75) is 37.6 Å². The number of nitrogens with one attached hydrogen (secondary N) is 1. The second-order valence-electron chi connectivity index (χ2n) is 7.77. The highest BCUT2D eigenvalue weighted by molar-refractivity contribution is 6.06. The Balaban J connectivity index is 1.65. The fourth-order valence-electron chi connectivity index (χ4n) is 4.09. The van der Waals surface area contributed by atoms with E-state index in [1.807, 2.05) is 6.07 Å². The number of nitrogens with zero attached hydrogens (tertiary/aromatic N) is 2. The molecule has 160 valence electrons. The van der Waals surface area contributed by atoms with E-state index < -0.39 is 17.5 Å². The van der Waals surface area contributed by atoms with E-state index >= 15 is 0 Å². The van der Waals surface area contributed by atoms with Gasteiger partial charge in [0.1, 0.15) is 11.6 Å². The Hall–Kier alpha value is -3.39. The van der Waals surface area contributed by atoms with Crippen molar-refractivity contribution in [3.8, 4) is 11.3 Å². The fourth-order valence-corrected chi connectivity index (χ4v) is 4.09. The first-order valence-corrected chi connectivity index (χ1v) is 10.2. The van der Waals surface area contributed by atoms with E-state index in [1.165, 1.54) is 18.2 Å². The minimum atomic E-state index is -0.771. The number of carbonyl (C=O) groups excluding carboxylic acids is 1. The predicted octanol–water partition coefficient (Wildman–Crippen LogP) is 4.24. The summed E-state index contributed by atoms with van der Waals surface area (Å²) in [5.41, 5.74) is 13.2. The molecule has 0 spiro atoms. The number of anilines is 2. The molecule has 0 unspecified atom stereocenters. The molecule has 0 saturated heterocycles. The Labute approximate surface area is 178 Å². The second kappa shape index (κ2) is 8.77. The predicted molar refractivity (Wildman–Crippen MR) is 115 cm³/mol. The first-order chi connectivity index (χ1) is 14.9. The summed E-state index contributed by atoms with van der Waals surface area (Å²) in [6.45, 7) is 0. The van der Waals surface area contributed by atoms with Crippen molar-refractivity contribution < 1.29 is 13.6 Å². The highest BCUT2D eigenvalue weighted by Crippen LogP contribution is 2.36. The SMILES string of the molecule is Nc1ccc(-c2c(F)cccc2F)nc1C(=O)Nc1cnccc1[C@@H]1CCC[C@H](N)C1. The Morgan fingerprint density at radius 3 is 2.61 bits per heavy atom. The summed E-state index contributed by atoms with van der Waals surface area (Å²) in [7, 11) is 0. The van der Waals surface area contributed by atoms with Crippen molar-refractivity contribution in [1.82, 2.24) is 9.97 Å². The minimum absolute atomic E-state index is 0.0142.